The number of carbonyl (C=O) groups is 1. The van der Waals surface area contributed by atoms with Crippen LogP contribution >= 0.6 is 0 Å². The Morgan fingerprint density at radius 1 is 1.03 bits per heavy atom. The van der Waals surface area contributed by atoms with Crippen molar-refractivity contribution in [2.24, 2.45) is 10.2 Å². The Hall–Kier alpha value is -4.13. The Kier molecular flexibility index (Phi) is 5.93. The molecule has 2 N–H and O–H groups in total. The van der Waals surface area contributed by atoms with E-state index in [9.17, 15) is 9.90 Å². The fourth-order valence-corrected chi connectivity index (χ4v) is 3.35. The first-order chi connectivity index (χ1) is 15.2. The average molecular weight is 414 g/mol. The van der Waals surface area contributed by atoms with Crippen molar-refractivity contribution in [2.75, 3.05) is 19.0 Å². The van der Waals surface area contributed by atoms with Gasteiger partial charge in [0.25, 0.3) is 5.91 Å². The van der Waals surface area contributed by atoms with Crippen molar-refractivity contribution in [3.63, 3.8) is 0 Å². The second-order valence-electron chi connectivity index (χ2n) is 6.94. The molecule has 0 spiro atoms. The predicted octanol–water partition coefficient (Wildman–Crippen LogP) is 5.13. The lowest BCUT2D eigenvalue weighted by atomic mass is 10.2. The summed E-state index contributed by atoms with van der Waals surface area (Å²) in [7, 11) is 1.58. The summed E-state index contributed by atoms with van der Waals surface area (Å²) in [5.41, 5.74) is 2.88. The largest absolute Gasteiger partial charge is 0.497 e. The zero-order chi connectivity index (χ0) is 21.6. The van der Waals surface area contributed by atoms with Gasteiger partial charge in [0.05, 0.1) is 25.7 Å². The van der Waals surface area contributed by atoms with E-state index in [1.165, 1.54) is 0 Å². The minimum atomic E-state index is -0.456. The highest BCUT2D eigenvalue weighted by molar-refractivity contribution is 5.95. The van der Waals surface area contributed by atoms with Crippen LogP contribution in [0.5, 0.6) is 11.6 Å². The number of amides is 1. The molecule has 4 rings (SSSR count). The maximum Gasteiger partial charge on any atom is 0.283 e. The van der Waals surface area contributed by atoms with Crippen LogP contribution in [0.3, 0.4) is 0 Å². The number of hydrogen-bond donors (Lipinski definition) is 2. The van der Waals surface area contributed by atoms with E-state index in [1.54, 1.807) is 17.7 Å². The van der Waals surface area contributed by atoms with Gasteiger partial charge in [-0.1, -0.05) is 54.6 Å². The molecule has 3 aromatic carbocycles. The van der Waals surface area contributed by atoms with Gasteiger partial charge < -0.3 is 19.7 Å². The normalized spacial score (nSPS) is 11.1. The number of aromatic hydroxyl groups is 1. The Morgan fingerprint density at radius 2 is 1.81 bits per heavy atom. The number of methoxy groups -OCH3 is 1. The van der Waals surface area contributed by atoms with Crippen LogP contribution in [0.4, 0.5) is 11.4 Å². The maximum atomic E-state index is 12.2. The highest BCUT2D eigenvalue weighted by Crippen LogP contribution is 2.39. The molecule has 0 fully saturated rings. The van der Waals surface area contributed by atoms with Crippen molar-refractivity contribution < 1.29 is 14.6 Å². The number of aromatic nitrogens is 1. The van der Waals surface area contributed by atoms with Gasteiger partial charge in [-0.15, -0.1) is 10.2 Å². The SMILES string of the molecule is COc1cccc(NCC(=O)N=Nc2c(O)n(Cc3ccccc3)c3ccccc23)c1. The monoisotopic (exact) mass is 414 g/mol. The molecule has 31 heavy (non-hydrogen) atoms. The molecule has 0 saturated carbocycles. The van der Waals surface area contributed by atoms with Crippen LogP contribution in [0.25, 0.3) is 10.9 Å². The van der Waals surface area contributed by atoms with Gasteiger partial charge in [0.1, 0.15) is 5.75 Å². The van der Waals surface area contributed by atoms with Crippen molar-refractivity contribution in [1.29, 1.82) is 0 Å². The number of nitrogens with one attached hydrogen (secondary N) is 1. The minimum Gasteiger partial charge on any atom is -0.497 e. The zero-order valence-electron chi connectivity index (χ0n) is 17.0. The number of carbonyl (C=O) groups excluding carboxylic acids is 1. The summed E-state index contributed by atoms with van der Waals surface area (Å²) in [6.45, 7) is 0.453. The smallest absolute Gasteiger partial charge is 0.283 e. The second kappa shape index (κ2) is 9.13. The molecule has 1 aromatic heterocycles. The minimum absolute atomic E-state index is 0.0256. The average Bonchev–Trinajstić information content (AvgIpc) is 3.08. The Bertz CT molecular complexity index is 1230. The quantitative estimate of drug-likeness (QED) is 0.411. The highest BCUT2D eigenvalue weighted by Gasteiger charge is 2.17. The van der Waals surface area contributed by atoms with Gasteiger partial charge in [0.15, 0.2) is 5.69 Å². The van der Waals surface area contributed by atoms with Crippen LogP contribution in [0.15, 0.2) is 89.1 Å². The van der Waals surface area contributed by atoms with Gasteiger partial charge >= 0.3 is 0 Å². The first-order valence-corrected chi connectivity index (χ1v) is 9.82. The highest BCUT2D eigenvalue weighted by atomic mass is 16.5. The molecule has 1 amide bonds. The van der Waals surface area contributed by atoms with Gasteiger partial charge in [-0.25, -0.2) is 0 Å². The lowest BCUT2D eigenvalue weighted by molar-refractivity contribution is -0.116. The Balaban J connectivity index is 1.54. The summed E-state index contributed by atoms with van der Waals surface area (Å²) in [4.78, 5) is 12.2. The molecule has 4 aromatic rings. The van der Waals surface area contributed by atoms with Gasteiger partial charge in [-0.2, -0.15) is 0 Å². The van der Waals surface area contributed by atoms with Gasteiger partial charge in [-0.3, -0.25) is 4.79 Å². The molecule has 0 saturated heterocycles. The zero-order valence-corrected chi connectivity index (χ0v) is 17.0. The van der Waals surface area contributed by atoms with E-state index < -0.39 is 5.91 Å². The van der Waals surface area contributed by atoms with E-state index >= 15 is 0 Å². The lowest BCUT2D eigenvalue weighted by Crippen LogP contribution is -2.10. The lowest BCUT2D eigenvalue weighted by Gasteiger charge is -2.07. The molecule has 0 bridgehead atoms. The molecular formula is C24H22N4O3. The molecule has 1 heterocycles. The maximum absolute atomic E-state index is 12.2. The standard InChI is InChI=1S/C24H22N4O3/c1-31-19-11-7-10-18(14-19)25-15-22(29)26-27-23-20-12-5-6-13-21(20)28(24(23)30)16-17-8-3-2-4-9-17/h2-14,25,30H,15-16H2,1H3. The van der Waals surface area contributed by atoms with Gasteiger partial charge in [-0.05, 0) is 23.8 Å². The molecule has 0 aliphatic heterocycles. The molecular weight excluding hydrogens is 392 g/mol. The summed E-state index contributed by atoms with van der Waals surface area (Å²) in [5.74, 6) is 0.208. The van der Waals surface area contributed by atoms with Crippen molar-refractivity contribution in [3.05, 3.63) is 84.4 Å². The fourth-order valence-electron chi connectivity index (χ4n) is 3.35. The number of azo groups is 1. The summed E-state index contributed by atoms with van der Waals surface area (Å²) in [5, 5.41) is 22.4. The summed E-state index contributed by atoms with van der Waals surface area (Å²) in [6.07, 6.45) is 0. The van der Waals surface area contributed by atoms with E-state index in [2.05, 4.69) is 15.5 Å². The van der Waals surface area contributed by atoms with Gasteiger partial charge in [0, 0.05) is 17.1 Å². The number of rotatable bonds is 7. The molecule has 0 aliphatic rings. The van der Waals surface area contributed by atoms with E-state index in [4.69, 9.17) is 4.74 Å². The molecule has 0 radical (unpaired) electrons. The van der Waals surface area contributed by atoms with Crippen LogP contribution in [0.1, 0.15) is 5.56 Å². The number of para-hydroxylation sites is 1. The fraction of sp³-hybridized carbons (Fsp3) is 0.125. The first kappa shape index (κ1) is 20.2. The number of benzene rings is 3. The van der Waals surface area contributed by atoms with Crippen molar-refractivity contribution in [1.82, 2.24) is 4.57 Å². The third-order valence-electron chi connectivity index (χ3n) is 4.88. The van der Waals surface area contributed by atoms with Crippen molar-refractivity contribution >= 4 is 28.2 Å². The molecule has 0 aliphatic carbocycles. The number of ether oxygens (including phenoxy) is 1. The van der Waals surface area contributed by atoms with E-state index in [0.717, 1.165) is 22.2 Å². The summed E-state index contributed by atoms with van der Waals surface area (Å²) >= 11 is 0. The van der Waals surface area contributed by atoms with Gasteiger partial charge in [0.2, 0.25) is 5.88 Å². The molecule has 7 nitrogen and oxygen atoms in total. The van der Waals surface area contributed by atoms with Crippen LogP contribution in [-0.4, -0.2) is 29.2 Å². The van der Waals surface area contributed by atoms with Crippen LogP contribution in [0, 0.1) is 0 Å². The van der Waals surface area contributed by atoms with E-state index in [0.29, 0.717) is 12.3 Å². The Labute approximate surface area is 179 Å². The summed E-state index contributed by atoms with van der Waals surface area (Å²) in [6, 6.07) is 24.6. The predicted molar refractivity (Wildman–Crippen MR) is 120 cm³/mol. The first-order valence-electron chi connectivity index (χ1n) is 9.82. The third kappa shape index (κ3) is 4.56. The number of anilines is 1. The van der Waals surface area contributed by atoms with E-state index in [1.807, 2.05) is 72.8 Å². The van der Waals surface area contributed by atoms with Crippen molar-refractivity contribution in [3.8, 4) is 11.6 Å². The second-order valence-corrected chi connectivity index (χ2v) is 6.94. The number of fused-ring (bicyclic) bond motifs is 1. The summed E-state index contributed by atoms with van der Waals surface area (Å²) < 4.78 is 6.93. The molecule has 7 heteroatoms. The third-order valence-corrected chi connectivity index (χ3v) is 4.88. The Morgan fingerprint density at radius 3 is 2.61 bits per heavy atom. The molecule has 0 atom stereocenters. The molecule has 156 valence electrons. The molecule has 0 unspecified atom stereocenters. The van der Waals surface area contributed by atoms with Crippen LogP contribution in [0.2, 0.25) is 0 Å². The number of nitrogens with zero attached hydrogens (tertiary/aromatic N) is 3. The van der Waals surface area contributed by atoms with Crippen LogP contribution < -0.4 is 10.1 Å². The topological polar surface area (TPSA) is 88.2 Å². The van der Waals surface area contributed by atoms with E-state index in [-0.39, 0.29) is 18.1 Å². The van der Waals surface area contributed by atoms with Crippen LogP contribution in [-0.2, 0) is 11.3 Å². The number of hydrogen-bond acceptors (Lipinski definition) is 5. The van der Waals surface area contributed by atoms with Crippen molar-refractivity contribution in [2.45, 2.75) is 6.54 Å².